The van der Waals surface area contributed by atoms with Crippen molar-refractivity contribution in [2.45, 2.75) is 52.1 Å². The lowest BCUT2D eigenvalue weighted by Gasteiger charge is -2.47. The maximum Gasteiger partial charge on any atom is 0.410 e. The molecular formula is C21H30ClN3O5. The van der Waals surface area contributed by atoms with Crippen LogP contribution in [0, 0.1) is 15.5 Å². The van der Waals surface area contributed by atoms with Gasteiger partial charge in [-0.05, 0) is 51.9 Å². The minimum Gasteiger partial charge on any atom is -0.490 e. The van der Waals surface area contributed by atoms with Crippen LogP contribution in [0.15, 0.2) is 12.1 Å². The normalized spacial score (nSPS) is 19.0. The molecule has 1 amide bonds. The number of rotatable bonds is 3. The van der Waals surface area contributed by atoms with Gasteiger partial charge in [0.05, 0.1) is 22.7 Å². The zero-order valence-corrected chi connectivity index (χ0v) is 18.8. The van der Waals surface area contributed by atoms with E-state index in [1.165, 1.54) is 13.2 Å². The Kier molecular flexibility index (Phi) is 6.36. The van der Waals surface area contributed by atoms with E-state index in [0.29, 0.717) is 18.1 Å². The Morgan fingerprint density at radius 2 is 1.70 bits per heavy atom. The molecule has 0 atom stereocenters. The molecule has 0 aliphatic carbocycles. The summed E-state index contributed by atoms with van der Waals surface area (Å²) in [4.78, 5) is 27.0. The van der Waals surface area contributed by atoms with Gasteiger partial charge in [-0.3, -0.25) is 10.1 Å². The van der Waals surface area contributed by atoms with Gasteiger partial charge in [0.15, 0.2) is 5.75 Å². The Hall–Kier alpha value is -2.22. The van der Waals surface area contributed by atoms with Gasteiger partial charge in [-0.2, -0.15) is 0 Å². The van der Waals surface area contributed by atoms with E-state index in [4.69, 9.17) is 21.1 Å². The number of benzene rings is 1. The predicted octanol–water partition coefficient (Wildman–Crippen LogP) is 4.87. The summed E-state index contributed by atoms with van der Waals surface area (Å²) in [7, 11) is 1.42. The third kappa shape index (κ3) is 4.91. The van der Waals surface area contributed by atoms with Crippen LogP contribution in [0.25, 0.3) is 0 Å². The number of anilines is 1. The number of methoxy groups -OCH3 is 1. The number of nitro groups is 1. The highest BCUT2D eigenvalue weighted by Gasteiger charge is 2.40. The summed E-state index contributed by atoms with van der Waals surface area (Å²) in [6.07, 6.45) is 3.66. The SMILES string of the molecule is COc1cc(N2CCC3(CCN(C(=O)OC(C)(C)C)CC3)CC2)c(Cl)cc1[N+](=O)[O-]. The average Bonchev–Trinajstić information content (AvgIpc) is 2.68. The highest BCUT2D eigenvalue weighted by molar-refractivity contribution is 6.33. The highest BCUT2D eigenvalue weighted by atomic mass is 35.5. The second-order valence-corrected chi connectivity index (χ2v) is 9.59. The van der Waals surface area contributed by atoms with E-state index in [1.807, 2.05) is 20.8 Å². The van der Waals surface area contributed by atoms with Crippen molar-refractivity contribution in [1.29, 1.82) is 0 Å². The number of halogens is 1. The maximum atomic E-state index is 12.3. The Bertz CT molecular complexity index is 806. The number of likely N-dealkylation sites (tertiary alicyclic amines) is 1. The van der Waals surface area contributed by atoms with Gasteiger partial charge in [-0.1, -0.05) is 11.6 Å². The fourth-order valence-corrected chi connectivity index (χ4v) is 4.57. The predicted molar refractivity (Wildman–Crippen MR) is 116 cm³/mol. The van der Waals surface area contributed by atoms with Gasteiger partial charge in [0.25, 0.3) is 0 Å². The van der Waals surface area contributed by atoms with Gasteiger partial charge in [0.1, 0.15) is 5.60 Å². The summed E-state index contributed by atoms with van der Waals surface area (Å²) in [5.41, 5.74) is 0.365. The van der Waals surface area contributed by atoms with Gasteiger partial charge in [-0.25, -0.2) is 4.79 Å². The quantitative estimate of drug-likeness (QED) is 0.493. The number of piperidine rings is 2. The first-order chi connectivity index (χ1) is 14.0. The molecule has 0 radical (unpaired) electrons. The minimum atomic E-state index is -0.488. The van der Waals surface area contributed by atoms with Crippen molar-refractivity contribution in [2.24, 2.45) is 5.41 Å². The van der Waals surface area contributed by atoms with Crippen molar-refractivity contribution in [3.8, 4) is 5.75 Å². The van der Waals surface area contributed by atoms with E-state index in [9.17, 15) is 14.9 Å². The van der Waals surface area contributed by atoms with Crippen molar-refractivity contribution in [3.63, 3.8) is 0 Å². The van der Waals surface area contributed by atoms with Crippen LogP contribution in [0.2, 0.25) is 5.02 Å². The zero-order valence-electron chi connectivity index (χ0n) is 18.1. The average molecular weight is 440 g/mol. The molecule has 0 aromatic heterocycles. The van der Waals surface area contributed by atoms with E-state index < -0.39 is 10.5 Å². The van der Waals surface area contributed by atoms with Crippen LogP contribution in [0.3, 0.4) is 0 Å². The van der Waals surface area contributed by atoms with Crippen molar-refractivity contribution in [2.75, 3.05) is 38.2 Å². The van der Waals surface area contributed by atoms with Crippen molar-refractivity contribution in [3.05, 3.63) is 27.3 Å². The van der Waals surface area contributed by atoms with Gasteiger partial charge in [-0.15, -0.1) is 0 Å². The van der Waals surface area contributed by atoms with E-state index in [-0.39, 0.29) is 22.9 Å². The van der Waals surface area contributed by atoms with E-state index >= 15 is 0 Å². The van der Waals surface area contributed by atoms with Crippen LogP contribution < -0.4 is 9.64 Å². The number of nitro benzene ring substituents is 1. The molecule has 2 aliphatic heterocycles. The van der Waals surface area contributed by atoms with Gasteiger partial charge in [0, 0.05) is 38.3 Å². The Morgan fingerprint density at radius 1 is 1.13 bits per heavy atom. The maximum absolute atomic E-state index is 12.3. The van der Waals surface area contributed by atoms with Crippen LogP contribution in [-0.2, 0) is 4.74 Å². The first-order valence-corrected chi connectivity index (χ1v) is 10.7. The van der Waals surface area contributed by atoms with E-state index in [0.717, 1.165) is 44.5 Å². The lowest BCUT2D eigenvalue weighted by molar-refractivity contribution is -0.385. The number of nitrogens with zero attached hydrogens (tertiary/aromatic N) is 3. The number of hydrogen-bond donors (Lipinski definition) is 0. The van der Waals surface area contributed by atoms with Gasteiger partial charge >= 0.3 is 11.8 Å². The number of carbonyl (C=O) groups is 1. The molecule has 1 spiro atoms. The molecular weight excluding hydrogens is 410 g/mol. The molecule has 30 heavy (non-hydrogen) atoms. The van der Waals surface area contributed by atoms with Gasteiger partial charge in [0.2, 0.25) is 0 Å². The summed E-state index contributed by atoms with van der Waals surface area (Å²) in [5.74, 6) is 0.213. The summed E-state index contributed by atoms with van der Waals surface area (Å²) >= 11 is 6.36. The standard InChI is InChI=1S/C21H30ClN3O5/c1-20(2,3)30-19(26)24-11-7-21(8-12-24)5-9-23(10-6-21)16-14-18(29-4)17(25(27)28)13-15(16)22/h13-14H,5-12H2,1-4H3. The largest absolute Gasteiger partial charge is 0.490 e. The monoisotopic (exact) mass is 439 g/mol. The Labute approximate surface area is 182 Å². The van der Waals surface area contributed by atoms with Crippen molar-refractivity contribution >= 4 is 29.1 Å². The molecule has 0 unspecified atom stereocenters. The smallest absolute Gasteiger partial charge is 0.410 e. The third-order valence-corrected chi connectivity index (χ3v) is 6.39. The first-order valence-electron chi connectivity index (χ1n) is 10.3. The minimum absolute atomic E-state index is 0.130. The van der Waals surface area contributed by atoms with Gasteiger partial charge < -0.3 is 19.3 Å². The van der Waals surface area contributed by atoms with Crippen LogP contribution in [0.5, 0.6) is 5.75 Å². The first kappa shape index (κ1) is 22.5. The lowest BCUT2D eigenvalue weighted by Crippen LogP contribution is -2.49. The van der Waals surface area contributed by atoms with Crippen LogP contribution in [0.4, 0.5) is 16.2 Å². The lowest BCUT2D eigenvalue weighted by atomic mass is 9.71. The molecule has 3 rings (SSSR count). The zero-order chi connectivity index (χ0) is 22.1. The summed E-state index contributed by atoms with van der Waals surface area (Å²) in [6, 6.07) is 3.02. The molecule has 2 fully saturated rings. The van der Waals surface area contributed by atoms with E-state index in [1.54, 1.807) is 11.0 Å². The second kappa shape index (κ2) is 8.49. The third-order valence-electron chi connectivity index (χ3n) is 6.09. The molecule has 1 aromatic carbocycles. The van der Waals surface area contributed by atoms with Crippen molar-refractivity contribution in [1.82, 2.24) is 4.90 Å². The molecule has 0 bridgehead atoms. The summed E-state index contributed by atoms with van der Waals surface area (Å²) in [6.45, 7) is 8.68. The summed E-state index contributed by atoms with van der Waals surface area (Å²) in [5, 5.41) is 11.5. The molecule has 9 heteroatoms. The fourth-order valence-electron chi connectivity index (χ4n) is 4.29. The Balaban J connectivity index is 1.62. The molecule has 0 N–H and O–H groups in total. The number of amides is 1. The highest BCUT2D eigenvalue weighted by Crippen LogP contribution is 2.45. The van der Waals surface area contributed by atoms with E-state index in [2.05, 4.69) is 4.90 Å². The molecule has 0 saturated carbocycles. The molecule has 2 saturated heterocycles. The Morgan fingerprint density at radius 3 is 2.20 bits per heavy atom. The molecule has 1 aromatic rings. The second-order valence-electron chi connectivity index (χ2n) is 9.19. The number of ether oxygens (including phenoxy) is 2. The number of carbonyl (C=O) groups excluding carboxylic acids is 1. The summed E-state index contributed by atoms with van der Waals surface area (Å²) < 4.78 is 10.7. The molecule has 8 nitrogen and oxygen atoms in total. The van der Waals surface area contributed by atoms with Crippen LogP contribution in [-0.4, -0.2) is 54.8 Å². The molecule has 2 aliphatic rings. The topological polar surface area (TPSA) is 85.2 Å². The molecule has 166 valence electrons. The van der Waals surface area contributed by atoms with Crippen LogP contribution >= 0.6 is 11.6 Å². The molecule has 2 heterocycles. The van der Waals surface area contributed by atoms with Crippen molar-refractivity contribution < 1.29 is 19.2 Å². The van der Waals surface area contributed by atoms with Crippen LogP contribution in [0.1, 0.15) is 46.5 Å². The number of hydrogen-bond acceptors (Lipinski definition) is 6. The fraction of sp³-hybridized carbons (Fsp3) is 0.667.